The van der Waals surface area contributed by atoms with Gasteiger partial charge in [0.15, 0.2) is 5.82 Å². The molecule has 1 heterocycles. The van der Waals surface area contributed by atoms with Gasteiger partial charge in [-0.05, 0) is 18.9 Å². The average Bonchev–Trinajstić information content (AvgIpc) is 3.21. The van der Waals surface area contributed by atoms with E-state index >= 15 is 0 Å². The van der Waals surface area contributed by atoms with Gasteiger partial charge in [-0.2, -0.15) is 0 Å². The maximum Gasteiger partial charge on any atom is 0.341 e. The highest BCUT2D eigenvalue weighted by Crippen LogP contribution is 2.40. The zero-order valence-corrected chi connectivity index (χ0v) is 11.5. The molecule has 1 N–H and O–H groups in total. The van der Waals surface area contributed by atoms with E-state index in [-0.39, 0.29) is 32.6 Å². The second-order valence-electron chi connectivity index (χ2n) is 4.70. The molecule has 0 aliphatic heterocycles. The summed E-state index contributed by atoms with van der Waals surface area (Å²) in [5.74, 6) is -2.14. The van der Waals surface area contributed by atoms with Crippen molar-refractivity contribution in [2.45, 2.75) is 18.9 Å². The summed E-state index contributed by atoms with van der Waals surface area (Å²) in [6.45, 7) is 0. The van der Waals surface area contributed by atoms with Crippen LogP contribution in [0.25, 0.3) is 10.9 Å². The van der Waals surface area contributed by atoms with Gasteiger partial charge in [0.2, 0.25) is 5.43 Å². The van der Waals surface area contributed by atoms with Crippen molar-refractivity contribution in [3.05, 3.63) is 43.9 Å². The number of halogens is 3. The highest BCUT2D eigenvalue weighted by molar-refractivity contribution is 6.38. The van der Waals surface area contributed by atoms with Crippen LogP contribution in [0.5, 0.6) is 0 Å². The summed E-state index contributed by atoms with van der Waals surface area (Å²) in [7, 11) is 0. The van der Waals surface area contributed by atoms with Crippen LogP contribution in [-0.2, 0) is 0 Å². The number of carboxylic acids is 1. The fourth-order valence-corrected chi connectivity index (χ4v) is 2.76. The Labute approximate surface area is 122 Å². The van der Waals surface area contributed by atoms with Gasteiger partial charge >= 0.3 is 5.97 Å². The number of fused-ring (bicyclic) bond motifs is 1. The molecule has 1 saturated carbocycles. The molecule has 4 nitrogen and oxygen atoms in total. The third-order valence-corrected chi connectivity index (χ3v) is 3.94. The number of hydrogen-bond acceptors (Lipinski definition) is 2. The minimum absolute atomic E-state index is 0.0215. The minimum atomic E-state index is -1.33. The maximum absolute atomic E-state index is 13.8. The van der Waals surface area contributed by atoms with Gasteiger partial charge < -0.3 is 9.67 Å². The summed E-state index contributed by atoms with van der Waals surface area (Å²) in [4.78, 5) is 23.3. The van der Waals surface area contributed by atoms with E-state index in [0.29, 0.717) is 0 Å². The molecule has 1 aliphatic rings. The first-order valence-electron chi connectivity index (χ1n) is 5.87. The van der Waals surface area contributed by atoms with Crippen LogP contribution in [0.2, 0.25) is 10.0 Å². The van der Waals surface area contributed by atoms with Crippen molar-refractivity contribution >= 4 is 40.1 Å². The Morgan fingerprint density at radius 1 is 1.40 bits per heavy atom. The fourth-order valence-electron chi connectivity index (χ4n) is 2.21. The van der Waals surface area contributed by atoms with Gasteiger partial charge in [-0.15, -0.1) is 0 Å². The Hall–Kier alpha value is -1.59. The van der Waals surface area contributed by atoms with Crippen LogP contribution in [0, 0.1) is 5.82 Å². The SMILES string of the molecule is O=C(O)c1cn(C2CC2)c2c(Cl)c(F)c(Cl)cc2c1=O. The molecular formula is C13H8Cl2FNO3. The van der Waals surface area contributed by atoms with Crippen molar-refractivity contribution in [1.29, 1.82) is 0 Å². The van der Waals surface area contributed by atoms with E-state index in [0.717, 1.165) is 18.9 Å². The lowest BCUT2D eigenvalue weighted by atomic mass is 10.1. The lowest BCUT2D eigenvalue weighted by Gasteiger charge is -2.13. The third-order valence-electron chi connectivity index (χ3n) is 3.32. The molecule has 0 radical (unpaired) electrons. The smallest absolute Gasteiger partial charge is 0.341 e. The summed E-state index contributed by atoms with van der Waals surface area (Å²) in [5, 5.41) is 8.56. The van der Waals surface area contributed by atoms with E-state index in [9.17, 15) is 14.0 Å². The molecule has 3 rings (SSSR count). The monoisotopic (exact) mass is 315 g/mol. The Bertz CT molecular complexity index is 812. The van der Waals surface area contributed by atoms with Crippen LogP contribution >= 0.6 is 23.2 Å². The van der Waals surface area contributed by atoms with Crippen molar-refractivity contribution < 1.29 is 14.3 Å². The van der Waals surface area contributed by atoms with Crippen molar-refractivity contribution in [3.8, 4) is 0 Å². The summed E-state index contributed by atoms with van der Waals surface area (Å²) < 4.78 is 15.4. The highest BCUT2D eigenvalue weighted by atomic mass is 35.5. The lowest BCUT2D eigenvalue weighted by Crippen LogP contribution is -2.19. The molecule has 0 saturated heterocycles. The van der Waals surface area contributed by atoms with E-state index in [1.165, 1.54) is 6.20 Å². The number of pyridine rings is 1. The van der Waals surface area contributed by atoms with Crippen LogP contribution in [0.1, 0.15) is 29.2 Å². The van der Waals surface area contributed by atoms with E-state index in [1.54, 1.807) is 4.57 Å². The molecular weight excluding hydrogens is 308 g/mol. The van der Waals surface area contributed by atoms with Gasteiger partial charge in [-0.25, -0.2) is 9.18 Å². The summed E-state index contributed by atoms with van der Waals surface area (Å²) >= 11 is 11.6. The minimum Gasteiger partial charge on any atom is -0.477 e. The molecule has 104 valence electrons. The van der Waals surface area contributed by atoms with Gasteiger partial charge in [-0.1, -0.05) is 23.2 Å². The van der Waals surface area contributed by atoms with Crippen LogP contribution in [0.3, 0.4) is 0 Å². The number of carboxylic acid groups (broad SMARTS) is 1. The average molecular weight is 316 g/mol. The predicted octanol–water partition coefficient (Wildman–Crippen LogP) is 3.48. The number of benzene rings is 1. The second-order valence-corrected chi connectivity index (χ2v) is 5.48. The number of nitrogens with zero attached hydrogens (tertiary/aromatic N) is 1. The Morgan fingerprint density at radius 3 is 2.60 bits per heavy atom. The van der Waals surface area contributed by atoms with Gasteiger partial charge in [0, 0.05) is 17.6 Å². The topological polar surface area (TPSA) is 59.3 Å². The first-order chi connectivity index (χ1) is 9.41. The Morgan fingerprint density at radius 2 is 2.05 bits per heavy atom. The van der Waals surface area contributed by atoms with E-state index in [1.807, 2.05) is 0 Å². The molecule has 0 bridgehead atoms. The summed E-state index contributed by atoms with van der Waals surface area (Å²) in [6.07, 6.45) is 2.89. The number of carbonyl (C=O) groups is 1. The number of rotatable bonds is 2. The van der Waals surface area contributed by atoms with Crippen molar-refractivity contribution in [2.24, 2.45) is 0 Å². The van der Waals surface area contributed by atoms with Gasteiger partial charge in [-0.3, -0.25) is 4.79 Å². The molecule has 0 atom stereocenters. The highest BCUT2D eigenvalue weighted by Gasteiger charge is 2.29. The van der Waals surface area contributed by atoms with E-state index < -0.39 is 17.2 Å². The maximum atomic E-state index is 13.8. The molecule has 2 aromatic rings. The molecule has 0 unspecified atom stereocenters. The predicted molar refractivity (Wildman–Crippen MR) is 73.4 cm³/mol. The second kappa shape index (κ2) is 4.46. The molecule has 7 heteroatoms. The zero-order valence-electron chi connectivity index (χ0n) is 9.99. The Kier molecular flexibility index (Phi) is 2.99. The molecule has 20 heavy (non-hydrogen) atoms. The van der Waals surface area contributed by atoms with Crippen LogP contribution in [0.4, 0.5) is 4.39 Å². The summed E-state index contributed by atoms with van der Waals surface area (Å²) in [5.41, 5.74) is -0.887. The lowest BCUT2D eigenvalue weighted by molar-refractivity contribution is 0.0695. The number of aromatic nitrogens is 1. The van der Waals surface area contributed by atoms with Gasteiger partial charge in [0.05, 0.1) is 10.5 Å². The van der Waals surface area contributed by atoms with E-state index in [4.69, 9.17) is 28.3 Å². The summed E-state index contributed by atoms with van der Waals surface area (Å²) in [6, 6.07) is 1.17. The van der Waals surface area contributed by atoms with Crippen molar-refractivity contribution in [1.82, 2.24) is 4.57 Å². The fraction of sp³-hybridized carbons (Fsp3) is 0.231. The molecule has 0 amide bonds. The largest absolute Gasteiger partial charge is 0.477 e. The number of aromatic carboxylic acids is 1. The van der Waals surface area contributed by atoms with Crippen LogP contribution < -0.4 is 5.43 Å². The molecule has 1 aliphatic carbocycles. The standard InChI is InChI=1S/C13H8Cl2FNO3/c14-8-3-6-11(9(15)10(8)16)17(5-1-2-5)4-7(12(6)18)13(19)20/h3-5H,1-2H2,(H,19,20). The first kappa shape index (κ1) is 13.4. The normalized spacial score (nSPS) is 14.8. The molecule has 0 spiro atoms. The van der Waals surface area contributed by atoms with Crippen molar-refractivity contribution in [2.75, 3.05) is 0 Å². The zero-order chi connectivity index (χ0) is 14.6. The van der Waals surface area contributed by atoms with E-state index in [2.05, 4.69) is 0 Å². The Balaban J connectivity index is 2.52. The number of hydrogen-bond donors (Lipinski definition) is 1. The first-order valence-corrected chi connectivity index (χ1v) is 6.63. The van der Waals surface area contributed by atoms with Gasteiger partial charge in [0.25, 0.3) is 0 Å². The van der Waals surface area contributed by atoms with Gasteiger partial charge in [0.1, 0.15) is 10.6 Å². The molecule has 1 aromatic heterocycles. The van der Waals surface area contributed by atoms with Crippen molar-refractivity contribution in [3.63, 3.8) is 0 Å². The molecule has 1 fully saturated rings. The molecule has 1 aromatic carbocycles. The van der Waals surface area contributed by atoms with Crippen LogP contribution in [0.15, 0.2) is 17.1 Å². The van der Waals surface area contributed by atoms with Crippen LogP contribution in [-0.4, -0.2) is 15.6 Å². The quantitative estimate of drug-likeness (QED) is 0.863. The third kappa shape index (κ3) is 1.89.